The van der Waals surface area contributed by atoms with E-state index in [4.69, 9.17) is 0 Å². The molecular formula is C10H4BrF7O2. The van der Waals surface area contributed by atoms with Crippen molar-refractivity contribution in [2.75, 3.05) is 0 Å². The van der Waals surface area contributed by atoms with Crippen LogP contribution in [0.3, 0.4) is 0 Å². The van der Waals surface area contributed by atoms with Crippen LogP contribution in [0, 0.1) is 0 Å². The van der Waals surface area contributed by atoms with Gasteiger partial charge in [-0.15, -0.1) is 0 Å². The van der Waals surface area contributed by atoms with E-state index in [1.54, 1.807) is 0 Å². The highest BCUT2D eigenvalue weighted by Gasteiger charge is 2.77. The average Bonchev–Trinajstić information content (AvgIpc) is 2.30. The molecule has 0 radical (unpaired) electrons. The molecule has 0 heterocycles. The van der Waals surface area contributed by atoms with Crippen LogP contribution in [0.25, 0.3) is 0 Å². The van der Waals surface area contributed by atoms with Gasteiger partial charge in [-0.1, -0.05) is 15.9 Å². The van der Waals surface area contributed by atoms with Gasteiger partial charge in [0.1, 0.15) is 5.75 Å². The molecule has 1 aromatic rings. The zero-order valence-electron chi connectivity index (χ0n) is 9.15. The van der Waals surface area contributed by atoms with Crippen LogP contribution in [-0.2, 0) is 4.79 Å². The molecule has 2 nitrogen and oxygen atoms in total. The summed E-state index contributed by atoms with van der Waals surface area (Å²) in [6.07, 6.45) is -6.59. The van der Waals surface area contributed by atoms with Gasteiger partial charge >= 0.3 is 24.0 Å². The number of alkyl halides is 7. The number of benzene rings is 1. The maximum absolute atomic E-state index is 12.9. The minimum atomic E-state index is -6.59. The van der Waals surface area contributed by atoms with Crippen LogP contribution >= 0.6 is 15.9 Å². The van der Waals surface area contributed by atoms with Gasteiger partial charge in [0.15, 0.2) is 0 Å². The number of hydrogen-bond donors (Lipinski definition) is 0. The van der Waals surface area contributed by atoms with E-state index in [1.165, 1.54) is 12.1 Å². The van der Waals surface area contributed by atoms with Gasteiger partial charge in [0, 0.05) is 4.47 Å². The highest BCUT2D eigenvalue weighted by Crippen LogP contribution is 2.47. The Kier molecular flexibility index (Phi) is 4.37. The van der Waals surface area contributed by atoms with Gasteiger partial charge in [0.25, 0.3) is 0 Å². The maximum atomic E-state index is 12.9. The summed E-state index contributed by atoms with van der Waals surface area (Å²) >= 11 is 2.95. The van der Waals surface area contributed by atoms with Crippen molar-refractivity contribution < 1.29 is 40.3 Å². The summed E-state index contributed by atoms with van der Waals surface area (Å²) in [6, 6.07) is 4.29. The Morgan fingerprint density at radius 2 is 1.40 bits per heavy atom. The second kappa shape index (κ2) is 5.23. The van der Waals surface area contributed by atoms with Crippen LogP contribution in [0.1, 0.15) is 0 Å². The Morgan fingerprint density at radius 1 is 0.950 bits per heavy atom. The number of hydrogen-bond acceptors (Lipinski definition) is 2. The third kappa shape index (κ3) is 3.05. The summed E-state index contributed by atoms with van der Waals surface area (Å²) < 4.78 is 90.7. The van der Waals surface area contributed by atoms with Crippen LogP contribution < -0.4 is 4.74 Å². The molecule has 0 N–H and O–H groups in total. The zero-order chi connectivity index (χ0) is 15.8. The van der Waals surface area contributed by atoms with E-state index in [9.17, 15) is 35.5 Å². The fourth-order valence-corrected chi connectivity index (χ4v) is 1.24. The molecule has 0 aliphatic rings. The maximum Gasteiger partial charge on any atom is 0.460 e. The largest absolute Gasteiger partial charge is 0.460 e. The van der Waals surface area contributed by atoms with E-state index < -0.39 is 29.7 Å². The van der Waals surface area contributed by atoms with Gasteiger partial charge in [-0.3, -0.25) is 0 Å². The van der Waals surface area contributed by atoms with Crippen molar-refractivity contribution >= 4 is 21.9 Å². The smallest absolute Gasteiger partial charge is 0.422 e. The molecule has 1 aromatic carbocycles. The van der Waals surface area contributed by atoms with Gasteiger partial charge in [-0.05, 0) is 24.3 Å². The Bertz CT molecular complexity index is 495. The topological polar surface area (TPSA) is 26.3 Å². The fraction of sp³-hybridized carbons (Fsp3) is 0.300. The molecule has 0 atom stereocenters. The Hall–Kier alpha value is -1.32. The number of rotatable bonds is 3. The summed E-state index contributed by atoms with van der Waals surface area (Å²) in [7, 11) is 0. The van der Waals surface area contributed by atoms with Crippen molar-refractivity contribution in [2.24, 2.45) is 0 Å². The second-order valence-corrected chi connectivity index (χ2v) is 4.41. The zero-order valence-corrected chi connectivity index (χ0v) is 10.7. The highest BCUT2D eigenvalue weighted by atomic mass is 79.9. The summed E-state index contributed by atoms with van der Waals surface area (Å²) in [5, 5.41) is 0. The highest BCUT2D eigenvalue weighted by molar-refractivity contribution is 9.10. The standard InChI is InChI=1S/C10H4BrF7O2/c11-5-1-3-6(4-2-5)20-7(19)8(12,13)9(14,15)10(16,17)18/h1-4H. The van der Waals surface area contributed by atoms with Crippen molar-refractivity contribution in [1.29, 1.82) is 0 Å². The summed E-state index contributed by atoms with van der Waals surface area (Å²) in [5.41, 5.74) is 0. The van der Waals surface area contributed by atoms with Gasteiger partial charge in [0.05, 0.1) is 0 Å². The molecule has 0 spiro atoms. The van der Waals surface area contributed by atoms with Crippen LogP contribution in [0.4, 0.5) is 30.7 Å². The van der Waals surface area contributed by atoms with Crippen LogP contribution in [0.2, 0.25) is 0 Å². The molecular weight excluding hydrogens is 365 g/mol. The first kappa shape index (κ1) is 16.7. The van der Waals surface area contributed by atoms with Crippen LogP contribution in [-0.4, -0.2) is 24.0 Å². The third-order valence-corrected chi connectivity index (χ3v) is 2.56. The van der Waals surface area contributed by atoms with E-state index in [0.29, 0.717) is 4.47 Å². The number of carbonyl (C=O) groups is 1. The summed E-state index contributed by atoms with van der Waals surface area (Å²) in [4.78, 5) is 10.8. The van der Waals surface area contributed by atoms with Crippen molar-refractivity contribution in [3.63, 3.8) is 0 Å². The molecule has 0 aromatic heterocycles. The first-order chi connectivity index (χ1) is 8.89. The first-order valence-corrected chi connectivity index (χ1v) is 5.49. The van der Waals surface area contributed by atoms with E-state index in [2.05, 4.69) is 20.7 Å². The first-order valence-electron chi connectivity index (χ1n) is 4.70. The van der Waals surface area contributed by atoms with Gasteiger partial charge < -0.3 is 4.74 Å². The van der Waals surface area contributed by atoms with Crippen molar-refractivity contribution in [2.45, 2.75) is 18.0 Å². The van der Waals surface area contributed by atoms with Crippen molar-refractivity contribution in [3.05, 3.63) is 28.7 Å². The Labute approximate surface area is 115 Å². The Balaban J connectivity index is 2.98. The molecule has 0 aliphatic carbocycles. The van der Waals surface area contributed by atoms with E-state index >= 15 is 0 Å². The van der Waals surface area contributed by atoms with Gasteiger partial charge in [0.2, 0.25) is 0 Å². The molecule has 1 rings (SSSR count). The molecule has 0 bridgehead atoms. The molecule has 112 valence electrons. The van der Waals surface area contributed by atoms with Gasteiger partial charge in [-0.25, -0.2) is 4.79 Å². The Morgan fingerprint density at radius 3 is 1.80 bits per heavy atom. The van der Waals surface area contributed by atoms with E-state index in [1.807, 2.05) is 0 Å². The predicted octanol–water partition coefficient (Wildman–Crippen LogP) is 4.19. The third-order valence-electron chi connectivity index (χ3n) is 2.03. The van der Waals surface area contributed by atoms with E-state index in [0.717, 1.165) is 12.1 Å². The lowest BCUT2D eigenvalue weighted by molar-refractivity contribution is -0.346. The molecule has 10 heteroatoms. The summed E-state index contributed by atoms with van der Waals surface area (Å²) in [6.45, 7) is 0. The molecule has 0 saturated heterocycles. The lowest BCUT2D eigenvalue weighted by Gasteiger charge is -2.26. The lowest BCUT2D eigenvalue weighted by atomic mass is 10.1. The molecule has 0 amide bonds. The minimum absolute atomic E-state index is 0.449. The number of halogens is 8. The molecule has 20 heavy (non-hydrogen) atoms. The minimum Gasteiger partial charge on any atom is -0.422 e. The quantitative estimate of drug-likeness (QED) is 0.454. The second-order valence-electron chi connectivity index (χ2n) is 3.49. The lowest BCUT2D eigenvalue weighted by Crippen LogP contribution is -2.57. The van der Waals surface area contributed by atoms with Gasteiger partial charge in [-0.2, -0.15) is 30.7 Å². The monoisotopic (exact) mass is 368 g/mol. The summed E-state index contributed by atoms with van der Waals surface area (Å²) in [5.74, 6) is -16.2. The van der Waals surface area contributed by atoms with Crippen molar-refractivity contribution in [3.8, 4) is 5.75 Å². The predicted molar refractivity (Wildman–Crippen MR) is 55.7 cm³/mol. The van der Waals surface area contributed by atoms with Crippen LogP contribution in [0.5, 0.6) is 5.75 Å². The molecule has 0 saturated carbocycles. The van der Waals surface area contributed by atoms with Crippen LogP contribution in [0.15, 0.2) is 28.7 Å². The SMILES string of the molecule is O=C(Oc1ccc(Br)cc1)C(F)(F)C(F)(F)C(F)(F)F. The fourth-order valence-electron chi connectivity index (χ4n) is 0.980. The number of esters is 1. The molecule has 0 unspecified atom stereocenters. The normalized spacial score (nSPS) is 13.2. The number of ether oxygens (including phenoxy) is 1. The number of carbonyl (C=O) groups excluding carboxylic acids is 1. The average molecular weight is 369 g/mol. The molecule has 0 fully saturated rings. The molecule has 0 aliphatic heterocycles. The van der Waals surface area contributed by atoms with E-state index in [-0.39, 0.29) is 0 Å². The van der Waals surface area contributed by atoms with Crippen molar-refractivity contribution in [1.82, 2.24) is 0 Å².